The molecule has 0 aromatic carbocycles. The van der Waals surface area contributed by atoms with Crippen LogP contribution < -0.4 is 5.32 Å². The van der Waals surface area contributed by atoms with Crippen molar-refractivity contribution in [3.05, 3.63) is 11.8 Å². The Bertz CT molecular complexity index is 691. The van der Waals surface area contributed by atoms with Crippen molar-refractivity contribution >= 4 is 23.4 Å². The molecule has 7 heteroatoms. The molecule has 1 atom stereocenters. The summed E-state index contributed by atoms with van der Waals surface area (Å²) in [5.74, 6) is -1.12. The molecular formula is C25H40N2O5. The summed E-state index contributed by atoms with van der Waals surface area (Å²) in [5, 5.41) is 2.76. The molecule has 2 rings (SSSR count). The number of rotatable bonds is 12. The molecule has 1 N–H and O–H groups in total. The number of hydrogen-bond acceptors (Lipinski definition) is 6. The molecule has 1 amide bonds. The average molecular weight is 449 g/mol. The number of carbonyl (C=O) groups is 4. The van der Waals surface area contributed by atoms with E-state index in [9.17, 15) is 19.2 Å². The van der Waals surface area contributed by atoms with Gasteiger partial charge >= 0.3 is 5.97 Å². The number of unbranched alkanes of at least 4 members (excludes halogenated alkanes) is 7. The van der Waals surface area contributed by atoms with Crippen LogP contribution in [-0.4, -0.2) is 54.1 Å². The Hall–Kier alpha value is -2.18. The molecule has 0 aromatic rings. The summed E-state index contributed by atoms with van der Waals surface area (Å²) in [6, 6.07) is -0.766. The van der Waals surface area contributed by atoms with E-state index in [4.69, 9.17) is 4.74 Å². The first-order valence-corrected chi connectivity index (χ1v) is 12.2. The fourth-order valence-corrected chi connectivity index (χ4v) is 4.32. The van der Waals surface area contributed by atoms with E-state index in [-0.39, 0.29) is 34.9 Å². The van der Waals surface area contributed by atoms with Crippen LogP contribution in [0.2, 0.25) is 0 Å². The molecule has 1 saturated carbocycles. The molecule has 0 radical (unpaired) electrons. The van der Waals surface area contributed by atoms with Gasteiger partial charge in [-0.05, 0) is 11.8 Å². The van der Waals surface area contributed by atoms with Gasteiger partial charge in [-0.15, -0.1) is 0 Å². The lowest BCUT2D eigenvalue weighted by atomic mass is 9.74. The van der Waals surface area contributed by atoms with Gasteiger partial charge in [-0.2, -0.15) is 0 Å². The normalized spacial score (nSPS) is 20.8. The van der Waals surface area contributed by atoms with Crippen molar-refractivity contribution in [1.29, 1.82) is 0 Å². The fourth-order valence-electron chi connectivity index (χ4n) is 4.32. The lowest BCUT2D eigenvalue weighted by Gasteiger charge is -2.35. The van der Waals surface area contributed by atoms with E-state index >= 15 is 0 Å². The molecule has 1 aliphatic heterocycles. The first-order valence-electron chi connectivity index (χ1n) is 12.2. The van der Waals surface area contributed by atoms with E-state index in [1.165, 1.54) is 38.3 Å². The molecule has 0 aromatic heterocycles. The largest absolute Gasteiger partial charge is 0.466 e. The summed E-state index contributed by atoms with van der Waals surface area (Å²) >= 11 is 0. The van der Waals surface area contributed by atoms with Crippen molar-refractivity contribution in [3.63, 3.8) is 0 Å². The summed E-state index contributed by atoms with van der Waals surface area (Å²) in [5.41, 5.74) is -0.208. The molecule has 1 saturated heterocycles. The van der Waals surface area contributed by atoms with Crippen LogP contribution >= 0.6 is 0 Å². The van der Waals surface area contributed by atoms with Crippen molar-refractivity contribution in [2.24, 2.45) is 5.41 Å². The third kappa shape index (κ3) is 8.40. The first kappa shape index (κ1) is 26.1. The van der Waals surface area contributed by atoms with Gasteiger partial charge in [-0.3, -0.25) is 19.2 Å². The van der Waals surface area contributed by atoms with Gasteiger partial charge in [0.05, 0.1) is 18.6 Å². The molecule has 2 aliphatic rings. The minimum absolute atomic E-state index is 0.0967. The molecule has 7 nitrogen and oxygen atoms in total. The van der Waals surface area contributed by atoms with Gasteiger partial charge in [0.1, 0.15) is 6.04 Å². The maximum absolute atomic E-state index is 12.5. The lowest BCUT2D eigenvalue weighted by molar-refractivity contribution is -0.147. The van der Waals surface area contributed by atoms with Crippen LogP contribution in [0.5, 0.6) is 0 Å². The number of piperazine rings is 1. The van der Waals surface area contributed by atoms with Crippen molar-refractivity contribution in [1.82, 2.24) is 10.2 Å². The Labute approximate surface area is 192 Å². The van der Waals surface area contributed by atoms with Gasteiger partial charge in [0.25, 0.3) is 0 Å². The number of nitrogens with zero attached hydrogens (tertiary/aromatic N) is 1. The highest BCUT2D eigenvalue weighted by Crippen LogP contribution is 2.34. The molecule has 0 spiro atoms. The number of ketones is 2. The highest BCUT2D eigenvalue weighted by Gasteiger charge is 2.37. The van der Waals surface area contributed by atoms with Crippen molar-refractivity contribution in [3.8, 4) is 0 Å². The van der Waals surface area contributed by atoms with Crippen LogP contribution in [-0.2, 0) is 23.9 Å². The maximum Gasteiger partial charge on any atom is 0.308 e. The number of esters is 1. The topological polar surface area (TPSA) is 92.8 Å². The molecule has 32 heavy (non-hydrogen) atoms. The Morgan fingerprint density at radius 1 is 1.03 bits per heavy atom. The predicted octanol–water partition coefficient (Wildman–Crippen LogP) is 3.70. The van der Waals surface area contributed by atoms with E-state index in [0.717, 1.165) is 19.3 Å². The third-order valence-corrected chi connectivity index (χ3v) is 6.17. The van der Waals surface area contributed by atoms with E-state index in [0.29, 0.717) is 32.5 Å². The van der Waals surface area contributed by atoms with E-state index in [1.54, 1.807) is 4.90 Å². The molecule has 0 bridgehead atoms. The number of carbonyl (C=O) groups excluding carboxylic acids is 4. The van der Waals surface area contributed by atoms with Crippen LogP contribution in [0.25, 0.3) is 0 Å². The van der Waals surface area contributed by atoms with Crippen LogP contribution in [0.3, 0.4) is 0 Å². The zero-order valence-electron chi connectivity index (χ0n) is 20.0. The maximum atomic E-state index is 12.5. The smallest absolute Gasteiger partial charge is 0.308 e. The number of amides is 1. The molecule has 180 valence electrons. The fraction of sp³-hybridized carbons (Fsp3) is 0.760. The molecular weight excluding hydrogens is 408 g/mol. The first-order chi connectivity index (χ1) is 15.2. The number of Topliss-reactive ketones (excluding diaryl/α,β-unsaturated/α-hetero) is 2. The monoisotopic (exact) mass is 448 g/mol. The van der Waals surface area contributed by atoms with Crippen LogP contribution in [0.15, 0.2) is 11.8 Å². The van der Waals surface area contributed by atoms with Gasteiger partial charge in [0.2, 0.25) is 5.91 Å². The number of ether oxygens (including phenoxy) is 1. The summed E-state index contributed by atoms with van der Waals surface area (Å²) < 4.78 is 5.35. The molecule has 1 aliphatic carbocycles. The van der Waals surface area contributed by atoms with E-state index in [1.807, 2.05) is 13.8 Å². The standard InChI is InChI=1S/C25H40N2O5/c1-4-5-6-7-8-9-10-11-14-32-23(30)15-20-24(31)26-12-13-27(20)18-19-21(28)16-25(2,3)17-22(19)29/h18,20H,4-17H2,1-3H3,(H,26,31). The highest BCUT2D eigenvalue weighted by atomic mass is 16.5. The van der Waals surface area contributed by atoms with Crippen LogP contribution in [0, 0.1) is 5.41 Å². The quantitative estimate of drug-likeness (QED) is 0.212. The summed E-state index contributed by atoms with van der Waals surface area (Å²) in [4.78, 5) is 51.4. The highest BCUT2D eigenvalue weighted by molar-refractivity contribution is 6.22. The molecule has 1 heterocycles. The number of allylic oxidation sites excluding steroid dienone is 1. The SMILES string of the molecule is CCCCCCCCCCOC(=O)CC1C(=O)NCCN1C=C1C(=O)CC(C)(C)CC1=O. The van der Waals surface area contributed by atoms with Crippen LogP contribution in [0.4, 0.5) is 0 Å². The van der Waals surface area contributed by atoms with Crippen molar-refractivity contribution < 1.29 is 23.9 Å². The molecule has 2 fully saturated rings. The van der Waals surface area contributed by atoms with Crippen molar-refractivity contribution in [2.45, 2.75) is 97.4 Å². The Balaban J connectivity index is 1.82. The number of nitrogens with one attached hydrogen (secondary N) is 1. The van der Waals surface area contributed by atoms with Crippen LogP contribution in [0.1, 0.15) is 91.4 Å². The number of hydrogen-bond donors (Lipinski definition) is 1. The van der Waals surface area contributed by atoms with Gasteiger partial charge in [-0.1, -0.05) is 65.7 Å². The third-order valence-electron chi connectivity index (χ3n) is 6.17. The second-order valence-electron chi connectivity index (χ2n) is 9.85. The van der Waals surface area contributed by atoms with Gasteiger partial charge in [0, 0.05) is 32.1 Å². The zero-order valence-corrected chi connectivity index (χ0v) is 20.0. The molecule has 1 unspecified atom stereocenters. The summed E-state index contributed by atoms with van der Waals surface area (Å²) in [6.07, 6.45) is 11.3. The second-order valence-corrected chi connectivity index (χ2v) is 9.85. The van der Waals surface area contributed by atoms with E-state index < -0.39 is 12.0 Å². The second kappa shape index (κ2) is 12.8. The average Bonchev–Trinajstić information content (AvgIpc) is 2.71. The Morgan fingerprint density at radius 2 is 1.62 bits per heavy atom. The van der Waals surface area contributed by atoms with Gasteiger partial charge in [0.15, 0.2) is 11.6 Å². The van der Waals surface area contributed by atoms with Gasteiger partial charge < -0.3 is 15.0 Å². The summed E-state index contributed by atoms with van der Waals surface area (Å²) in [6.45, 7) is 7.21. The van der Waals surface area contributed by atoms with Gasteiger partial charge in [-0.25, -0.2) is 0 Å². The zero-order chi connectivity index (χ0) is 23.6. The summed E-state index contributed by atoms with van der Waals surface area (Å²) in [7, 11) is 0. The Kier molecular flexibility index (Phi) is 10.4. The van der Waals surface area contributed by atoms with E-state index in [2.05, 4.69) is 12.2 Å². The predicted molar refractivity (Wildman–Crippen MR) is 123 cm³/mol. The lowest BCUT2D eigenvalue weighted by Crippen LogP contribution is -2.54. The minimum atomic E-state index is -0.766. The van der Waals surface area contributed by atoms with Crippen molar-refractivity contribution in [2.75, 3.05) is 19.7 Å². The minimum Gasteiger partial charge on any atom is -0.466 e. The Morgan fingerprint density at radius 3 is 2.25 bits per heavy atom.